The van der Waals surface area contributed by atoms with Gasteiger partial charge in [-0.25, -0.2) is 9.78 Å². The molecular weight excluding hydrogens is 350 g/mol. The van der Waals surface area contributed by atoms with Crippen LogP contribution in [0.5, 0.6) is 5.75 Å². The molecule has 2 aliphatic rings. The van der Waals surface area contributed by atoms with E-state index in [9.17, 15) is 4.79 Å². The Kier molecular flexibility index (Phi) is 4.95. The van der Waals surface area contributed by atoms with Crippen molar-refractivity contribution in [1.29, 1.82) is 0 Å². The number of hydrogen-bond acceptors (Lipinski definition) is 6. The SMILES string of the molecule is Cc1ncccc1O[C@H]1CO[C@H]2[C@@H]1OC[C@@H]2NC(=O)NC(C)c1cnc[nH]1. The highest BCUT2D eigenvalue weighted by Crippen LogP contribution is 2.30. The number of imidazole rings is 1. The number of aryl methyl sites for hydroxylation is 1. The number of ether oxygens (including phenoxy) is 3. The van der Waals surface area contributed by atoms with Gasteiger partial charge in [0.05, 0.1) is 49.2 Å². The van der Waals surface area contributed by atoms with Gasteiger partial charge in [0.2, 0.25) is 0 Å². The monoisotopic (exact) mass is 373 g/mol. The Morgan fingerprint density at radius 3 is 3.00 bits per heavy atom. The second-order valence-electron chi connectivity index (χ2n) is 6.79. The Morgan fingerprint density at radius 2 is 2.22 bits per heavy atom. The van der Waals surface area contributed by atoms with Crippen molar-refractivity contribution >= 4 is 6.03 Å². The van der Waals surface area contributed by atoms with Gasteiger partial charge in [0.25, 0.3) is 0 Å². The summed E-state index contributed by atoms with van der Waals surface area (Å²) in [6.07, 6.45) is 4.31. The molecule has 0 aromatic carbocycles. The van der Waals surface area contributed by atoms with E-state index < -0.39 is 0 Å². The zero-order valence-electron chi connectivity index (χ0n) is 15.2. The number of aromatic amines is 1. The molecule has 9 nitrogen and oxygen atoms in total. The number of rotatable bonds is 5. The predicted octanol–water partition coefficient (Wildman–Crippen LogP) is 1.09. The van der Waals surface area contributed by atoms with Gasteiger partial charge in [0.1, 0.15) is 18.0 Å². The van der Waals surface area contributed by atoms with Crippen molar-refractivity contribution in [3.05, 3.63) is 42.2 Å². The van der Waals surface area contributed by atoms with Gasteiger partial charge in [-0.15, -0.1) is 0 Å². The Bertz CT molecular complexity index is 784. The van der Waals surface area contributed by atoms with Crippen molar-refractivity contribution in [2.45, 2.75) is 44.2 Å². The fourth-order valence-electron chi connectivity index (χ4n) is 3.43. The third-order valence-corrected chi connectivity index (χ3v) is 4.89. The highest BCUT2D eigenvalue weighted by molar-refractivity contribution is 5.74. The summed E-state index contributed by atoms with van der Waals surface area (Å²) >= 11 is 0. The number of nitrogens with one attached hydrogen (secondary N) is 3. The fourth-order valence-corrected chi connectivity index (χ4v) is 3.43. The maximum Gasteiger partial charge on any atom is 0.315 e. The first kappa shape index (κ1) is 17.7. The van der Waals surface area contributed by atoms with Crippen LogP contribution in [0, 0.1) is 6.92 Å². The highest BCUT2D eigenvalue weighted by atomic mass is 16.6. The molecule has 4 rings (SSSR count). The average molecular weight is 373 g/mol. The second-order valence-corrected chi connectivity index (χ2v) is 6.79. The van der Waals surface area contributed by atoms with Crippen LogP contribution in [0.4, 0.5) is 4.79 Å². The second kappa shape index (κ2) is 7.53. The van der Waals surface area contributed by atoms with Crippen LogP contribution in [-0.4, -0.2) is 58.6 Å². The number of carbonyl (C=O) groups is 1. The molecular formula is C18H23N5O4. The van der Waals surface area contributed by atoms with Crippen LogP contribution in [0.2, 0.25) is 0 Å². The Balaban J connectivity index is 1.32. The minimum Gasteiger partial charge on any atom is -0.483 e. The molecule has 1 unspecified atom stereocenters. The van der Waals surface area contributed by atoms with Gasteiger partial charge < -0.3 is 29.8 Å². The summed E-state index contributed by atoms with van der Waals surface area (Å²) in [4.78, 5) is 23.5. The number of pyridine rings is 1. The lowest BCUT2D eigenvalue weighted by Crippen LogP contribution is -2.49. The molecule has 2 saturated heterocycles. The van der Waals surface area contributed by atoms with E-state index in [2.05, 4.69) is 25.6 Å². The molecule has 0 saturated carbocycles. The molecule has 5 atom stereocenters. The summed E-state index contributed by atoms with van der Waals surface area (Å²) in [6.45, 7) is 4.57. The van der Waals surface area contributed by atoms with Crippen molar-refractivity contribution in [3.63, 3.8) is 0 Å². The van der Waals surface area contributed by atoms with E-state index in [1.807, 2.05) is 26.0 Å². The van der Waals surface area contributed by atoms with Crippen LogP contribution in [0.25, 0.3) is 0 Å². The van der Waals surface area contributed by atoms with Gasteiger partial charge in [0.15, 0.2) is 6.10 Å². The number of aromatic nitrogens is 3. The normalized spacial score (nSPS) is 27.8. The molecule has 27 heavy (non-hydrogen) atoms. The first-order chi connectivity index (χ1) is 13.1. The van der Waals surface area contributed by atoms with Crippen molar-refractivity contribution in [2.75, 3.05) is 13.2 Å². The van der Waals surface area contributed by atoms with Gasteiger partial charge in [-0.1, -0.05) is 0 Å². The quantitative estimate of drug-likeness (QED) is 0.724. The molecule has 2 aromatic heterocycles. The molecule has 2 aromatic rings. The number of urea groups is 1. The zero-order chi connectivity index (χ0) is 18.8. The van der Waals surface area contributed by atoms with E-state index >= 15 is 0 Å². The van der Waals surface area contributed by atoms with Crippen LogP contribution < -0.4 is 15.4 Å². The molecule has 2 fully saturated rings. The van der Waals surface area contributed by atoms with E-state index in [0.29, 0.717) is 13.2 Å². The minimum absolute atomic E-state index is 0.181. The molecule has 0 bridgehead atoms. The number of fused-ring (bicyclic) bond motifs is 1. The number of amides is 2. The fraction of sp³-hybridized carbons (Fsp3) is 0.500. The molecule has 2 amide bonds. The smallest absolute Gasteiger partial charge is 0.315 e. The summed E-state index contributed by atoms with van der Waals surface area (Å²) in [6, 6.07) is 3.03. The molecule has 0 radical (unpaired) electrons. The summed E-state index contributed by atoms with van der Waals surface area (Å²) in [5.74, 6) is 0.720. The average Bonchev–Trinajstić information content (AvgIpc) is 3.37. The van der Waals surface area contributed by atoms with Crippen molar-refractivity contribution in [1.82, 2.24) is 25.6 Å². The third kappa shape index (κ3) is 3.74. The highest BCUT2D eigenvalue weighted by Gasteiger charge is 2.49. The molecule has 3 N–H and O–H groups in total. The lowest BCUT2D eigenvalue weighted by Gasteiger charge is -2.20. The minimum atomic E-state index is -0.276. The molecule has 2 aliphatic heterocycles. The maximum absolute atomic E-state index is 12.3. The largest absolute Gasteiger partial charge is 0.483 e. The first-order valence-corrected chi connectivity index (χ1v) is 8.98. The molecule has 9 heteroatoms. The first-order valence-electron chi connectivity index (χ1n) is 8.98. The van der Waals surface area contributed by atoms with Crippen LogP contribution in [0.15, 0.2) is 30.9 Å². The Hall–Kier alpha value is -2.65. The van der Waals surface area contributed by atoms with Gasteiger partial charge in [0, 0.05) is 6.20 Å². The lowest BCUT2D eigenvalue weighted by molar-refractivity contribution is 0.0299. The number of carbonyl (C=O) groups excluding carboxylic acids is 1. The van der Waals surface area contributed by atoms with Crippen molar-refractivity contribution in [3.8, 4) is 5.75 Å². The van der Waals surface area contributed by atoms with E-state index in [-0.39, 0.29) is 36.4 Å². The van der Waals surface area contributed by atoms with E-state index in [0.717, 1.165) is 17.1 Å². The van der Waals surface area contributed by atoms with E-state index in [1.54, 1.807) is 18.7 Å². The molecule has 144 valence electrons. The van der Waals surface area contributed by atoms with Gasteiger partial charge in [-0.05, 0) is 26.0 Å². The summed E-state index contributed by atoms with van der Waals surface area (Å²) in [5.41, 5.74) is 1.66. The molecule has 0 spiro atoms. The van der Waals surface area contributed by atoms with Gasteiger partial charge in [-0.2, -0.15) is 0 Å². The summed E-state index contributed by atoms with van der Waals surface area (Å²) in [7, 11) is 0. The predicted molar refractivity (Wildman–Crippen MR) is 95.3 cm³/mol. The van der Waals surface area contributed by atoms with Crippen LogP contribution in [0.3, 0.4) is 0 Å². The standard InChI is InChI=1S/C18H23N5O4/c1-10(12-6-19-9-21-12)22-18(24)23-13-7-25-17-15(8-26-16(13)17)27-14-4-3-5-20-11(14)2/h3-6,9-10,13,15-17H,7-8H2,1-2H3,(H,19,21)(H2,22,23,24)/t10?,13-,15-,16+,17+/m0/s1. The zero-order valence-corrected chi connectivity index (χ0v) is 15.2. The number of H-pyrrole nitrogens is 1. The lowest BCUT2D eigenvalue weighted by atomic mass is 10.1. The topological polar surface area (TPSA) is 110 Å². The Labute approximate surface area is 156 Å². The van der Waals surface area contributed by atoms with E-state index in [1.165, 1.54) is 0 Å². The summed E-state index contributed by atoms with van der Waals surface area (Å²) < 4.78 is 17.8. The number of nitrogens with zero attached hydrogens (tertiary/aromatic N) is 2. The van der Waals surface area contributed by atoms with Crippen molar-refractivity contribution in [2.24, 2.45) is 0 Å². The maximum atomic E-state index is 12.3. The third-order valence-electron chi connectivity index (χ3n) is 4.89. The van der Waals surface area contributed by atoms with Gasteiger partial charge >= 0.3 is 6.03 Å². The number of hydrogen-bond donors (Lipinski definition) is 3. The van der Waals surface area contributed by atoms with Crippen LogP contribution >= 0.6 is 0 Å². The van der Waals surface area contributed by atoms with Crippen molar-refractivity contribution < 1.29 is 19.0 Å². The van der Waals surface area contributed by atoms with Crippen LogP contribution in [-0.2, 0) is 9.47 Å². The molecule has 0 aliphatic carbocycles. The Morgan fingerprint density at radius 1 is 1.37 bits per heavy atom. The summed E-state index contributed by atoms with van der Waals surface area (Å²) in [5, 5.41) is 5.81. The van der Waals surface area contributed by atoms with Gasteiger partial charge in [-0.3, -0.25) is 4.98 Å². The van der Waals surface area contributed by atoms with E-state index in [4.69, 9.17) is 14.2 Å². The van der Waals surface area contributed by atoms with Crippen LogP contribution in [0.1, 0.15) is 24.4 Å². The molecule has 4 heterocycles.